The van der Waals surface area contributed by atoms with Crippen LogP contribution >= 0.6 is 0 Å². The molecule has 0 aromatic heterocycles. The van der Waals surface area contributed by atoms with Crippen molar-refractivity contribution in [2.75, 3.05) is 19.8 Å². The molecule has 0 bridgehead atoms. The number of carbonyl (C=O) groups is 2. The minimum atomic E-state index is -5.08. The minimum Gasteiger partial charge on any atom is -0.492 e. The first-order valence-electron chi connectivity index (χ1n) is 11.8. The number of carboxylic acids is 2. The SMILES string of the molecule is O=C(O)C(F)(F)F.O=C(O)CC1COc2cc(OCCN(Cc3ccccc3)Cc3ccccc3)ccc21. The van der Waals surface area contributed by atoms with Crippen LogP contribution in [0.1, 0.15) is 29.0 Å². The molecule has 3 aromatic rings. The van der Waals surface area contributed by atoms with Crippen molar-refractivity contribution in [3.8, 4) is 11.5 Å². The molecule has 202 valence electrons. The van der Waals surface area contributed by atoms with Gasteiger partial charge in [-0.3, -0.25) is 9.69 Å². The van der Waals surface area contributed by atoms with Crippen molar-refractivity contribution in [3.63, 3.8) is 0 Å². The lowest BCUT2D eigenvalue weighted by Gasteiger charge is -2.23. The summed E-state index contributed by atoms with van der Waals surface area (Å²) >= 11 is 0. The molecule has 0 amide bonds. The van der Waals surface area contributed by atoms with Gasteiger partial charge in [0, 0.05) is 37.2 Å². The van der Waals surface area contributed by atoms with Crippen LogP contribution in [0.3, 0.4) is 0 Å². The molecule has 38 heavy (non-hydrogen) atoms. The average Bonchev–Trinajstić information content (AvgIpc) is 3.26. The summed E-state index contributed by atoms with van der Waals surface area (Å²) in [5, 5.41) is 16.2. The van der Waals surface area contributed by atoms with Gasteiger partial charge in [-0.05, 0) is 17.2 Å². The van der Waals surface area contributed by atoms with Gasteiger partial charge in [0.2, 0.25) is 0 Å². The number of alkyl halides is 3. The Hall–Kier alpha value is -4.05. The van der Waals surface area contributed by atoms with Gasteiger partial charge in [0.15, 0.2) is 0 Å². The molecule has 1 heterocycles. The van der Waals surface area contributed by atoms with Crippen molar-refractivity contribution in [3.05, 3.63) is 95.6 Å². The summed E-state index contributed by atoms with van der Waals surface area (Å²) in [4.78, 5) is 22.3. The van der Waals surface area contributed by atoms with Crippen LogP contribution < -0.4 is 9.47 Å². The van der Waals surface area contributed by atoms with E-state index in [0.717, 1.165) is 36.7 Å². The van der Waals surface area contributed by atoms with Crippen molar-refractivity contribution in [1.29, 1.82) is 0 Å². The molecule has 0 saturated carbocycles. The maximum absolute atomic E-state index is 11.0. The topological polar surface area (TPSA) is 96.3 Å². The van der Waals surface area contributed by atoms with Gasteiger partial charge in [0.05, 0.1) is 13.0 Å². The van der Waals surface area contributed by atoms with Gasteiger partial charge < -0.3 is 19.7 Å². The number of halogens is 3. The molecule has 0 saturated heterocycles. The summed E-state index contributed by atoms with van der Waals surface area (Å²) in [6.45, 7) is 3.44. The monoisotopic (exact) mass is 531 g/mol. The van der Waals surface area contributed by atoms with Crippen molar-refractivity contribution in [2.45, 2.75) is 31.6 Å². The van der Waals surface area contributed by atoms with Crippen LogP contribution in [-0.4, -0.2) is 53.0 Å². The number of hydrogen-bond donors (Lipinski definition) is 2. The van der Waals surface area contributed by atoms with Crippen LogP contribution in [-0.2, 0) is 22.7 Å². The van der Waals surface area contributed by atoms with Gasteiger partial charge in [-0.25, -0.2) is 4.79 Å². The van der Waals surface area contributed by atoms with Crippen molar-refractivity contribution >= 4 is 11.9 Å². The van der Waals surface area contributed by atoms with E-state index in [2.05, 4.69) is 53.4 Å². The highest BCUT2D eigenvalue weighted by molar-refractivity contribution is 5.73. The number of nitrogens with zero attached hydrogens (tertiary/aromatic N) is 1. The highest BCUT2D eigenvalue weighted by Crippen LogP contribution is 2.38. The zero-order valence-corrected chi connectivity index (χ0v) is 20.4. The third kappa shape index (κ3) is 9.11. The Bertz CT molecular complexity index is 1150. The van der Waals surface area contributed by atoms with Crippen LogP contribution in [0.25, 0.3) is 0 Å². The average molecular weight is 532 g/mol. The highest BCUT2D eigenvalue weighted by Gasteiger charge is 2.38. The first-order valence-corrected chi connectivity index (χ1v) is 11.8. The lowest BCUT2D eigenvalue weighted by atomic mass is 9.98. The summed E-state index contributed by atoms with van der Waals surface area (Å²) in [6.07, 6.45) is -5.00. The third-order valence-electron chi connectivity index (χ3n) is 5.70. The number of aliphatic carboxylic acids is 2. The van der Waals surface area contributed by atoms with Gasteiger partial charge in [-0.15, -0.1) is 0 Å². The van der Waals surface area contributed by atoms with E-state index in [1.807, 2.05) is 30.3 Å². The van der Waals surface area contributed by atoms with Gasteiger partial charge in [0.25, 0.3) is 0 Å². The molecule has 0 spiro atoms. The van der Waals surface area contributed by atoms with Gasteiger partial charge in [-0.2, -0.15) is 13.2 Å². The summed E-state index contributed by atoms with van der Waals surface area (Å²) in [5.41, 5.74) is 3.49. The number of carboxylic acid groups (broad SMARTS) is 2. The second-order valence-corrected chi connectivity index (χ2v) is 8.64. The van der Waals surface area contributed by atoms with E-state index in [1.54, 1.807) is 0 Å². The number of fused-ring (bicyclic) bond motifs is 1. The van der Waals surface area contributed by atoms with E-state index >= 15 is 0 Å². The Kier molecular flexibility index (Phi) is 10.1. The minimum absolute atomic E-state index is 0.0845. The zero-order chi connectivity index (χ0) is 27.5. The molecule has 3 aromatic carbocycles. The summed E-state index contributed by atoms with van der Waals surface area (Å²) in [5.74, 6) is -2.18. The molecule has 4 rings (SSSR count). The number of ether oxygens (including phenoxy) is 2. The lowest BCUT2D eigenvalue weighted by molar-refractivity contribution is -0.192. The van der Waals surface area contributed by atoms with Gasteiger partial charge in [-0.1, -0.05) is 66.7 Å². The molecule has 0 fully saturated rings. The zero-order valence-electron chi connectivity index (χ0n) is 20.4. The predicted octanol–water partition coefficient (Wildman–Crippen LogP) is 5.35. The molecule has 7 nitrogen and oxygen atoms in total. The van der Waals surface area contributed by atoms with Crippen molar-refractivity contribution in [1.82, 2.24) is 4.90 Å². The molecular formula is C28H28F3NO6. The molecule has 2 N–H and O–H groups in total. The number of hydrogen-bond acceptors (Lipinski definition) is 5. The van der Waals surface area contributed by atoms with E-state index in [0.29, 0.717) is 13.2 Å². The van der Waals surface area contributed by atoms with Crippen LogP contribution in [0, 0.1) is 0 Å². The lowest BCUT2D eigenvalue weighted by Crippen LogP contribution is -2.27. The molecule has 1 aliphatic rings. The fourth-order valence-corrected chi connectivity index (χ4v) is 3.92. The summed E-state index contributed by atoms with van der Waals surface area (Å²) in [6, 6.07) is 26.6. The Morgan fingerprint density at radius 1 is 0.921 bits per heavy atom. The Labute approximate surface area is 218 Å². The Balaban J connectivity index is 0.000000505. The highest BCUT2D eigenvalue weighted by atomic mass is 19.4. The van der Waals surface area contributed by atoms with Gasteiger partial charge in [0.1, 0.15) is 18.1 Å². The van der Waals surface area contributed by atoms with Crippen molar-refractivity contribution in [2.24, 2.45) is 0 Å². The Morgan fingerprint density at radius 3 is 1.97 bits per heavy atom. The number of benzene rings is 3. The van der Waals surface area contributed by atoms with Crippen LogP contribution in [0.5, 0.6) is 11.5 Å². The normalized spacial score (nSPS) is 14.2. The van der Waals surface area contributed by atoms with Crippen LogP contribution in [0.15, 0.2) is 78.9 Å². The summed E-state index contributed by atoms with van der Waals surface area (Å²) in [7, 11) is 0. The van der Waals surface area contributed by atoms with E-state index < -0.39 is 18.1 Å². The van der Waals surface area contributed by atoms with Crippen molar-refractivity contribution < 1.29 is 42.4 Å². The maximum Gasteiger partial charge on any atom is 0.490 e. The first-order chi connectivity index (χ1) is 18.1. The van der Waals surface area contributed by atoms with Gasteiger partial charge >= 0.3 is 18.1 Å². The van der Waals surface area contributed by atoms with Crippen LogP contribution in [0.2, 0.25) is 0 Å². The molecular weight excluding hydrogens is 503 g/mol. The van der Waals surface area contributed by atoms with E-state index in [9.17, 15) is 18.0 Å². The van der Waals surface area contributed by atoms with E-state index in [1.165, 1.54) is 11.1 Å². The largest absolute Gasteiger partial charge is 0.492 e. The van der Waals surface area contributed by atoms with E-state index in [4.69, 9.17) is 24.5 Å². The fourth-order valence-electron chi connectivity index (χ4n) is 3.92. The van der Waals surface area contributed by atoms with E-state index in [-0.39, 0.29) is 12.3 Å². The first kappa shape index (κ1) is 28.5. The molecule has 1 unspecified atom stereocenters. The molecule has 0 aliphatic carbocycles. The molecule has 0 radical (unpaired) electrons. The maximum atomic E-state index is 11.0. The molecule has 1 aliphatic heterocycles. The molecule has 1 atom stereocenters. The second kappa shape index (κ2) is 13.5. The predicted molar refractivity (Wildman–Crippen MR) is 133 cm³/mol. The quantitative estimate of drug-likeness (QED) is 0.364. The molecule has 10 heteroatoms. The smallest absolute Gasteiger partial charge is 0.490 e. The fraction of sp³-hybridized carbons (Fsp3) is 0.286. The van der Waals surface area contributed by atoms with Crippen LogP contribution in [0.4, 0.5) is 13.2 Å². The third-order valence-corrected chi connectivity index (χ3v) is 5.70. The standard InChI is InChI=1S/C26H27NO4.C2HF3O2/c28-26(29)15-22-19-31-25-16-23(11-12-24(22)25)30-14-13-27(17-20-7-3-1-4-8-20)18-21-9-5-2-6-10-21;3-2(4,5)1(6)7/h1-12,16,22H,13-15,17-19H2,(H,28,29);(H,6,7). The Morgan fingerprint density at radius 2 is 1.47 bits per heavy atom. The summed E-state index contributed by atoms with van der Waals surface area (Å²) < 4.78 is 43.4. The second-order valence-electron chi connectivity index (χ2n) is 8.64. The number of rotatable bonds is 10.